The number of benzene rings is 2. The molecule has 6 nitrogen and oxygen atoms in total. The Labute approximate surface area is 147 Å². The average molecular weight is 340 g/mol. The summed E-state index contributed by atoms with van der Waals surface area (Å²) in [5.41, 5.74) is 8.67. The Kier molecular flexibility index (Phi) is 6.39. The van der Waals surface area contributed by atoms with Crippen molar-refractivity contribution in [2.24, 2.45) is 0 Å². The molecular formula is C19H24N4O2. The molecule has 6 heteroatoms. The molecule has 3 amide bonds. The van der Waals surface area contributed by atoms with Gasteiger partial charge in [0.25, 0.3) is 5.91 Å². The van der Waals surface area contributed by atoms with Crippen LogP contribution in [0, 0.1) is 0 Å². The minimum absolute atomic E-state index is 0.0612. The second-order valence-electron chi connectivity index (χ2n) is 6.08. The van der Waals surface area contributed by atoms with Gasteiger partial charge in [-0.3, -0.25) is 4.79 Å². The molecule has 0 bridgehead atoms. The number of nitrogens with two attached hydrogens (primary N) is 1. The molecule has 0 aliphatic rings. The Morgan fingerprint density at radius 3 is 2.24 bits per heavy atom. The zero-order chi connectivity index (χ0) is 18.2. The summed E-state index contributed by atoms with van der Waals surface area (Å²) in [5, 5.41) is 8.33. The third kappa shape index (κ3) is 6.18. The van der Waals surface area contributed by atoms with Crippen molar-refractivity contribution in [3.05, 3.63) is 59.7 Å². The largest absolute Gasteiger partial charge is 0.399 e. The number of urea groups is 1. The summed E-state index contributed by atoms with van der Waals surface area (Å²) in [7, 11) is 0. The number of nitrogens with one attached hydrogen (secondary N) is 3. The van der Waals surface area contributed by atoms with Gasteiger partial charge in [-0.25, -0.2) is 4.79 Å². The standard InChI is InChI=1S/C19H24N4O2/c1-13(2)22-19(25)23-17-9-5-15(6-10-17)18(24)21-12-11-14-3-7-16(20)8-4-14/h3-10,13H,11-12,20H2,1-2H3,(H,21,24)(H2,22,23,25). The predicted molar refractivity (Wildman–Crippen MR) is 101 cm³/mol. The maximum atomic E-state index is 12.1. The second kappa shape index (κ2) is 8.73. The Hall–Kier alpha value is -3.02. The topological polar surface area (TPSA) is 96.2 Å². The monoisotopic (exact) mass is 340 g/mol. The van der Waals surface area contributed by atoms with Crippen molar-refractivity contribution in [3.8, 4) is 0 Å². The van der Waals surface area contributed by atoms with Crippen LogP contribution in [0.15, 0.2) is 48.5 Å². The molecule has 2 aromatic carbocycles. The number of rotatable bonds is 6. The molecule has 2 aromatic rings. The van der Waals surface area contributed by atoms with Crippen molar-refractivity contribution < 1.29 is 9.59 Å². The minimum Gasteiger partial charge on any atom is -0.399 e. The summed E-state index contributed by atoms with van der Waals surface area (Å²) in [6.07, 6.45) is 0.737. The summed E-state index contributed by atoms with van der Waals surface area (Å²) >= 11 is 0. The lowest BCUT2D eigenvalue weighted by Crippen LogP contribution is -2.34. The highest BCUT2D eigenvalue weighted by molar-refractivity contribution is 5.95. The molecule has 5 N–H and O–H groups in total. The van der Waals surface area contributed by atoms with Crippen LogP contribution in [-0.2, 0) is 6.42 Å². The van der Waals surface area contributed by atoms with Gasteiger partial charge in [0.15, 0.2) is 0 Å². The zero-order valence-corrected chi connectivity index (χ0v) is 14.5. The van der Waals surface area contributed by atoms with Gasteiger partial charge in [0, 0.05) is 29.5 Å². The van der Waals surface area contributed by atoms with Gasteiger partial charge in [0.1, 0.15) is 0 Å². The molecule has 0 saturated carbocycles. The lowest BCUT2D eigenvalue weighted by molar-refractivity contribution is 0.0954. The molecule has 25 heavy (non-hydrogen) atoms. The maximum absolute atomic E-state index is 12.1. The van der Waals surface area contributed by atoms with E-state index in [0.29, 0.717) is 17.8 Å². The van der Waals surface area contributed by atoms with Gasteiger partial charge in [-0.2, -0.15) is 0 Å². The van der Waals surface area contributed by atoms with Crippen molar-refractivity contribution >= 4 is 23.3 Å². The molecule has 0 heterocycles. The molecule has 0 radical (unpaired) electrons. The van der Waals surface area contributed by atoms with Gasteiger partial charge in [0.05, 0.1) is 0 Å². The van der Waals surface area contributed by atoms with E-state index in [2.05, 4.69) is 16.0 Å². The highest BCUT2D eigenvalue weighted by Gasteiger charge is 2.07. The SMILES string of the molecule is CC(C)NC(=O)Nc1ccc(C(=O)NCCc2ccc(N)cc2)cc1. The van der Waals surface area contributed by atoms with Gasteiger partial charge in [-0.15, -0.1) is 0 Å². The normalized spacial score (nSPS) is 10.4. The van der Waals surface area contributed by atoms with Crippen molar-refractivity contribution in [1.82, 2.24) is 10.6 Å². The van der Waals surface area contributed by atoms with E-state index >= 15 is 0 Å². The molecule has 0 atom stereocenters. The van der Waals surface area contributed by atoms with E-state index in [1.165, 1.54) is 0 Å². The molecule has 0 aromatic heterocycles. The molecule has 0 spiro atoms. The van der Waals surface area contributed by atoms with Crippen LogP contribution in [-0.4, -0.2) is 24.5 Å². The number of nitrogen functional groups attached to an aromatic ring is 1. The fourth-order valence-electron chi connectivity index (χ4n) is 2.24. The van der Waals surface area contributed by atoms with Gasteiger partial charge >= 0.3 is 6.03 Å². The summed E-state index contributed by atoms with van der Waals surface area (Å²) in [5.74, 6) is -0.145. The summed E-state index contributed by atoms with van der Waals surface area (Å²) in [6.45, 7) is 4.31. The predicted octanol–water partition coefficient (Wildman–Crippen LogP) is 2.77. The third-order valence-corrected chi connectivity index (χ3v) is 3.50. The van der Waals surface area contributed by atoms with E-state index in [9.17, 15) is 9.59 Å². The van der Waals surface area contributed by atoms with Crippen LogP contribution in [0.3, 0.4) is 0 Å². The van der Waals surface area contributed by atoms with Crippen LogP contribution >= 0.6 is 0 Å². The van der Waals surface area contributed by atoms with Crippen molar-refractivity contribution in [1.29, 1.82) is 0 Å². The number of anilines is 2. The van der Waals surface area contributed by atoms with Crippen LogP contribution in [0.25, 0.3) is 0 Å². The van der Waals surface area contributed by atoms with Crippen molar-refractivity contribution in [2.75, 3.05) is 17.6 Å². The first kappa shape index (κ1) is 18.3. The first-order valence-electron chi connectivity index (χ1n) is 8.24. The van der Waals surface area contributed by atoms with Gasteiger partial charge in [-0.1, -0.05) is 12.1 Å². The Balaban J connectivity index is 1.81. The van der Waals surface area contributed by atoms with Gasteiger partial charge in [0.2, 0.25) is 0 Å². The lowest BCUT2D eigenvalue weighted by Gasteiger charge is -2.10. The fraction of sp³-hybridized carbons (Fsp3) is 0.263. The second-order valence-corrected chi connectivity index (χ2v) is 6.08. The summed E-state index contributed by atoms with van der Waals surface area (Å²) in [4.78, 5) is 23.8. The van der Waals surface area contributed by atoms with Gasteiger partial charge < -0.3 is 21.7 Å². The minimum atomic E-state index is -0.268. The first-order chi connectivity index (χ1) is 11.9. The Bertz CT molecular complexity index is 709. The molecule has 132 valence electrons. The van der Waals surface area contributed by atoms with Crippen molar-refractivity contribution in [2.45, 2.75) is 26.3 Å². The lowest BCUT2D eigenvalue weighted by atomic mass is 10.1. The fourth-order valence-corrected chi connectivity index (χ4v) is 2.24. The van der Waals surface area contributed by atoms with E-state index in [1.54, 1.807) is 24.3 Å². The highest BCUT2D eigenvalue weighted by Crippen LogP contribution is 2.10. The van der Waals surface area contributed by atoms with E-state index in [0.717, 1.165) is 17.7 Å². The van der Waals surface area contributed by atoms with Crippen molar-refractivity contribution in [3.63, 3.8) is 0 Å². The molecular weight excluding hydrogens is 316 g/mol. The molecule has 0 unspecified atom stereocenters. The van der Waals surface area contributed by atoms with E-state index in [1.807, 2.05) is 38.1 Å². The van der Waals surface area contributed by atoms with E-state index in [4.69, 9.17) is 5.73 Å². The van der Waals surface area contributed by atoms with Crippen LogP contribution in [0.4, 0.5) is 16.2 Å². The highest BCUT2D eigenvalue weighted by atomic mass is 16.2. The van der Waals surface area contributed by atoms with E-state index in [-0.39, 0.29) is 18.0 Å². The number of hydrogen-bond donors (Lipinski definition) is 4. The zero-order valence-electron chi connectivity index (χ0n) is 14.5. The average Bonchev–Trinajstić information content (AvgIpc) is 2.56. The van der Waals surface area contributed by atoms with Crippen LogP contribution < -0.4 is 21.7 Å². The summed E-state index contributed by atoms with van der Waals surface area (Å²) < 4.78 is 0. The molecule has 0 aliphatic heterocycles. The number of amides is 3. The quantitative estimate of drug-likeness (QED) is 0.609. The molecule has 0 saturated heterocycles. The smallest absolute Gasteiger partial charge is 0.319 e. The van der Waals surface area contributed by atoms with Crippen LogP contribution in [0.5, 0.6) is 0 Å². The molecule has 0 fully saturated rings. The number of carbonyl (C=O) groups is 2. The Morgan fingerprint density at radius 2 is 1.64 bits per heavy atom. The van der Waals surface area contributed by atoms with Gasteiger partial charge in [-0.05, 0) is 62.2 Å². The molecule has 0 aliphatic carbocycles. The van der Waals surface area contributed by atoms with Crippen LogP contribution in [0.1, 0.15) is 29.8 Å². The van der Waals surface area contributed by atoms with E-state index < -0.39 is 0 Å². The summed E-state index contributed by atoms with van der Waals surface area (Å²) in [6, 6.07) is 14.2. The van der Waals surface area contributed by atoms with Crippen LogP contribution in [0.2, 0.25) is 0 Å². The number of carbonyl (C=O) groups excluding carboxylic acids is 2. The Morgan fingerprint density at radius 1 is 1.00 bits per heavy atom. The number of hydrogen-bond acceptors (Lipinski definition) is 3. The first-order valence-corrected chi connectivity index (χ1v) is 8.24. The molecule has 2 rings (SSSR count). The third-order valence-electron chi connectivity index (χ3n) is 3.50. The maximum Gasteiger partial charge on any atom is 0.319 e.